The number of benzene rings is 3. The first kappa shape index (κ1) is 70.3. The quantitative estimate of drug-likeness (QED) is 0.0418. The molecule has 0 unspecified atom stereocenters. The van der Waals surface area contributed by atoms with Gasteiger partial charge < -0.3 is 70.5 Å². The molecule has 8 atom stereocenters. The molecule has 0 spiro atoms. The number of primary amides is 1. The van der Waals surface area contributed by atoms with Gasteiger partial charge in [-0.15, -0.1) is 16.4 Å². The Morgan fingerprint density at radius 3 is 2.42 bits per heavy atom. The predicted octanol–water partition coefficient (Wildman–Crippen LogP) is 4.13. The van der Waals surface area contributed by atoms with Crippen molar-refractivity contribution in [1.29, 1.82) is 0 Å². The minimum Gasteiger partial charge on any atom is -0.490 e. The van der Waals surface area contributed by atoms with Crippen molar-refractivity contribution in [2.24, 2.45) is 11.1 Å². The lowest BCUT2D eigenvalue weighted by Crippen LogP contribution is -2.61. The maximum Gasteiger partial charge on any atom is 0.396 e. The lowest BCUT2D eigenvalue weighted by atomic mass is 9.84. The zero-order valence-electron chi connectivity index (χ0n) is 54.3. The third-order valence-electron chi connectivity index (χ3n) is 18.9. The molecule has 0 bridgehead atoms. The Morgan fingerprint density at radius 1 is 0.938 bits per heavy atom. The Hall–Kier alpha value is -7.99. The number of thiazole rings is 1. The number of nitrogens with one attached hydrogen (secondary N) is 4. The molecule has 518 valence electrons. The van der Waals surface area contributed by atoms with Gasteiger partial charge in [0.05, 0.1) is 77.1 Å². The van der Waals surface area contributed by atoms with Gasteiger partial charge in [0, 0.05) is 87.0 Å². The van der Waals surface area contributed by atoms with Crippen LogP contribution in [-0.2, 0) is 62.3 Å². The van der Waals surface area contributed by atoms with Crippen LogP contribution in [0, 0.1) is 12.3 Å². The fourth-order valence-corrected chi connectivity index (χ4v) is 15.3. The molecule has 0 saturated carbocycles. The number of carbonyl (C=O) groups is 8. The van der Waals surface area contributed by atoms with Gasteiger partial charge in [0.1, 0.15) is 42.2 Å². The molecule has 5 aliphatic rings. The van der Waals surface area contributed by atoms with E-state index in [2.05, 4.69) is 41.1 Å². The van der Waals surface area contributed by atoms with Gasteiger partial charge in [-0.3, -0.25) is 47.8 Å². The molecule has 11 rings (SSSR count). The molecule has 4 saturated heterocycles. The van der Waals surface area contributed by atoms with Crippen molar-refractivity contribution in [2.75, 3.05) is 65.7 Å². The van der Waals surface area contributed by atoms with E-state index < -0.39 is 90.6 Å². The summed E-state index contributed by atoms with van der Waals surface area (Å²) < 4.78 is 31.5. The summed E-state index contributed by atoms with van der Waals surface area (Å²) in [7, 11) is -5.10. The number of hydrogen-bond donors (Lipinski definition) is 8. The van der Waals surface area contributed by atoms with Crippen LogP contribution in [0.3, 0.4) is 0 Å². The lowest BCUT2D eigenvalue weighted by molar-refractivity contribution is -0.145. The number of aromatic amines is 1. The molecule has 5 aliphatic heterocycles. The number of aryl methyl sites for hydroxylation is 3. The third kappa shape index (κ3) is 16.1. The molecule has 0 aliphatic carbocycles. The lowest BCUT2D eigenvalue weighted by Gasteiger charge is -2.38. The first-order valence-corrected chi connectivity index (χ1v) is 35.4. The minimum atomic E-state index is -5.10. The molecule has 97 heavy (non-hydrogen) atoms. The highest BCUT2D eigenvalue weighted by molar-refractivity contribution is 7.70. The van der Waals surface area contributed by atoms with Gasteiger partial charge >= 0.3 is 7.60 Å². The summed E-state index contributed by atoms with van der Waals surface area (Å²) in [5, 5.41) is 30.0. The number of H-pyrrole nitrogens is 1. The molecule has 28 nitrogen and oxygen atoms in total. The average Bonchev–Trinajstić information content (AvgIpc) is 1.64. The molecule has 31 heteroatoms. The summed E-state index contributed by atoms with van der Waals surface area (Å²) >= 11 is 8.63. The predicted molar refractivity (Wildman–Crippen MR) is 355 cm³/mol. The standard InChI is InChI=1S/C66H81ClN13O15PS/c1-37-58(97-36-69-37)41-13-11-39(12-14-41)50(31-76-23-25-93-26-24-76)72-62(86)53-29-46(82)30-78(53)64(88)59-66(3,4)35-94-34-54-48(74-75-80(54)59)9-5-7-40-8-6-10-55(57(40)67)95-33-44(16-20-56(68)83)70-61(85)52-19-17-45-21-22-77(38(2)81)32-51(63(87)79(45)52)73-60(84)49-28-43-27-42(15-18-47(43)71-49)65(89)96(90,91)92/h6,8,10-15,18,27-28,36,44-46,50-53,59,71,82H,5,7,9,16-17,19-26,29-35H2,1-4H3,(H2,68,83)(H,70,85)(H,72,86)(H,73,84)(H2,90,91,92)/t44-,45+,46+,50-,51-,52-,53-,59+/m0/s1. The number of aliphatic hydroxyl groups is 1. The maximum atomic E-state index is 15.2. The number of fused-ring (bicyclic) bond motifs is 3. The van der Waals surface area contributed by atoms with Crippen LogP contribution in [0.2, 0.25) is 5.02 Å². The second kappa shape index (κ2) is 30.0. The molecule has 3 aromatic heterocycles. The summed E-state index contributed by atoms with van der Waals surface area (Å²) in [5.74, 6) is -3.33. The highest BCUT2D eigenvalue weighted by Gasteiger charge is 2.50. The second-order valence-electron chi connectivity index (χ2n) is 26.3. The number of aliphatic hydroxyl groups excluding tert-OH is 1. The SMILES string of the molecule is CC(=O)N1CC[C@H]2CC[C@@H](C(=O)N[C@@H](CCC(N)=O)COc3cccc(CCCc4nnn5c4COCC(C)(C)[C@H]5C(=O)N4C[C@H](O)C[C@H]4C(=O)N[C@@H](CN4CCOCC4)c4ccc(-c5scnc5C)cc4)c3Cl)N2C(=O)[C@@H](NC(=O)c2cc3cc(C(=O)P(=O)(O)O)ccc3[nH]2)C1. The van der Waals surface area contributed by atoms with Gasteiger partial charge in [-0.2, -0.15) is 0 Å². The van der Waals surface area contributed by atoms with Crippen LogP contribution in [0.1, 0.15) is 127 Å². The van der Waals surface area contributed by atoms with E-state index in [1.165, 1.54) is 45.9 Å². The second-order valence-corrected chi connectivity index (χ2v) is 29.0. The summed E-state index contributed by atoms with van der Waals surface area (Å²) in [6.07, 6.45) is 1.45. The highest BCUT2D eigenvalue weighted by Crippen LogP contribution is 2.41. The van der Waals surface area contributed by atoms with Crippen molar-refractivity contribution in [3.8, 4) is 16.2 Å². The van der Waals surface area contributed by atoms with Crippen molar-refractivity contribution in [1.82, 2.24) is 60.5 Å². The number of β-amino-alcohol motifs (C(OH)–C–C–N with tert-alkyl or cyclic N) is 1. The van der Waals surface area contributed by atoms with Gasteiger partial charge in [-0.25, -0.2) is 9.67 Å². The van der Waals surface area contributed by atoms with E-state index in [1.807, 2.05) is 56.6 Å². The number of amides is 7. The monoisotopic (exact) mass is 1390 g/mol. The Bertz CT molecular complexity index is 4000. The Labute approximate surface area is 568 Å². The van der Waals surface area contributed by atoms with Crippen LogP contribution in [0.4, 0.5) is 0 Å². The number of halogens is 1. The molecule has 0 radical (unpaired) electrons. The third-order valence-corrected chi connectivity index (χ3v) is 21.1. The minimum absolute atomic E-state index is 0.0490. The van der Waals surface area contributed by atoms with Gasteiger partial charge in [0.15, 0.2) is 0 Å². The summed E-state index contributed by atoms with van der Waals surface area (Å²) in [6, 6.07) is 12.6. The largest absolute Gasteiger partial charge is 0.490 e. The fourth-order valence-electron chi connectivity index (χ4n) is 13.7. The average molecular weight is 1390 g/mol. The van der Waals surface area contributed by atoms with Crippen LogP contribution in [0.15, 0.2) is 72.2 Å². The van der Waals surface area contributed by atoms with E-state index in [1.54, 1.807) is 28.2 Å². The zero-order valence-corrected chi connectivity index (χ0v) is 56.8. The topological polar surface area (TPSA) is 376 Å². The molecule has 8 heterocycles. The van der Waals surface area contributed by atoms with E-state index in [9.17, 15) is 53.0 Å². The first-order chi connectivity index (χ1) is 46.3. The molecular formula is C66H81ClN13O15PS. The van der Waals surface area contributed by atoms with Gasteiger partial charge in [0.2, 0.25) is 35.4 Å². The number of rotatable bonds is 23. The van der Waals surface area contributed by atoms with Crippen LogP contribution >= 0.6 is 30.5 Å². The summed E-state index contributed by atoms with van der Waals surface area (Å²) in [4.78, 5) is 144. The van der Waals surface area contributed by atoms with Crippen LogP contribution in [-0.4, -0.2) is 208 Å². The first-order valence-electron chi connectivity index (χ1n) is 32.5. The van der Waals surface area contributed by atoms with E-state index >= 15 is 4.79 Å². The number of hydrogen-bond acceptors (Lipinski definition) is 18. The smallest absolute Gasteiger partial charge is 0.396 e. The number of morpholine rings is 1. The van der Waals surface area contributed by atoms with Crippen LogP contribution in [0.5, 0.6) is 5.75 Å². The van der Waals surface area contributed by atoms with E-state index in [0.29, 0.717) is 92.6 Å². The van der Waals surface area contributed by atoms with E-state index in [4.69, 9.17) is 31.5 Å². The highest BCUT2D eigenvalue weighted by atomic mass is 35.5. The molecule has 4 fully saturated rings. The van der Waals surface area contributed by atoms with Crippen molar-refractivity contribution in [3.63, 3.8) is 0 Å². The Kier molecular flexibility index (Phi) is 21.8. The molecule has 6 aromatic rings. The summed E-state index contributed by atoms with van der Waals surface area (Å²) in [6.45, 7) is 10.3. The molecule has 3 aromatic carbocycles. The number of ether oxygens (including phenoxy) is 3. The number of aromatic nitrogens is 5. The number of nitrogens with two attached hydrogens (primary N) is 1. The van der Waals surface area contributed by atoms with Gasteiger partial charge in [-0.1, -0.05) is 67.1 Å². The van der Waals surface area contributed by atoms with E-state index in [0.717, 1.165) is 27.3 Å². The normalized spacial score (nSPS) is 22.0. The Morgan fingerprint density at radius 2 is 1.70 bits per heavy atom. The molecule has 7 amide bonds. The zero-order chi connectivity index (χ0) is 69.0. The van der Waals surface area contributed by atoms with Crippen LogP contribution < -0.4 is 26.4 Å². The maximum absolute atomic E-state index is 15.2. The van der Waals surface area contributed by atoms with Crippen molar-refractivity contribution >= 4 is 88.3 Å². The number of carbonyl (C=O) groups excluding carboxylic acids is 8. The number of nitrogens with zero attached hydrogens (tertiary/aromatic N) is 8. The molecular weight excluding hydrogens is 1310 g/mol. The number of likely N-dealkylation sites (tertiary alicyclic amines) is 1. The summed E-state index contributed by atoms with van der Waals surface area (Å²) in [5.41, 5.74) is 10.1. The van der Waals surface area contributed by atoms with E-state index in [-0.39, 0.29) is 99.5 Å². The van der Waals surface area contributed by atoms with Crippen molar-refractivity contribution in [3.05, 3.63) is 117 Å². The molecule has 9 N–H and O–H groups in total. The Balaban J connectivity index is 0.732. The van der Waals surface area contributed by atoms with Crippen LogP contribution in [0.25, 0.3) is 21.3 Å². The van der Waals surface area contributed by atoms with Crippen molar-refractivity contribution in [2.45, 2.75) is 140 Å². The van der Waals surface area contributed by atoms with Crippen molar-refractivity contribution < 1.29 is 72.0 Å². The van der Waals surface area contributed by atoms with Gasteiger partial charge in [-0.05, 0) is 98.9 Å². The van der Waals surface area contributed by atoms with Gasteiger partial charge in [0.25, 0.3) is 11.4 Å². The fraction of sp³-hybridized carbons (Fsp3) is 0.500.